The zero-order chi connectivity index (χ0) is 17.9. The second kappa shape index (κ2) is 6.97. The van der Waals surface area contributed by atoms with Crippen molar-refractivity contribution in [2.75, 3.05) is 20.2 Å². The zero-order valence-electron chi connectivity index (χ0n) is 14.1. The highest BCUT2D eigenvalue weighted by Gasteiger charge is 2.43. The van der Waals surface area contributed by atoms with Gasteiger partial charge in [-0.05, 0) is 42.7 Å². The molecule has 0 aliphatic carbocycles. The molecular formula is C20H21NO4. The molecule has 5 nitrogen and oxygen atoms in total. The summed E-state index contributed by atoms with van der Waals surface area (Å²) >= 11 is 0. The lowest BCUT2D eigenvalue weighted by Gasteiger charge is -2.39. The van der Waals surface area contributed by atoms with E-state index in [9.17, 15) is 14.7 Å². The topological polar surface area (TPSA) is 66.8 Å². The largest absolute Gasteiger partial charge is 0.497 e. The van der Waals surface area contributed by atoms with Crippen molar-refractivity contribution in [1.29, 1.82) is 0 Å². The van der Waals surface area contributed by atoms with Crippen LogP contribution in [0.2, 0.25) is 0 Å². The molecule has 1 N–H and O–H groups in total. The van der Waals surface area contributed by atoms with Crippen molar-refractivity contribution in [3.05, 3.63) is 65.7 Å². The first kappa shape index (κ1) is 17.0. The molecular weight excluding hydrogens is 318 g/mol. The average molecular weight is 339 g/mol. The van der Waals surface area contributed by atoms with Gasteiger partial charge in [-0.2, -0.15) is 0 Å². The SMILES string of the molecule is COc1ccc(C(=O)N2CCC(C(=O)O)(c3ccccc3)CC2)cc1. The number of likely N-dealkylation sites (tertiary alicyclic amines) is 1. The van der Waals surface area contributed by atoms with E-state index in [0.29, 0.717) is 37.2 Å². The van der Waals surface area contributed by atoms with Crippen molar-refractivity contribution < 1.29 is 19.4 Å². The molecule has 2 aromatic carbocycles. The summed E-state index contributed by atoms with van der Waals surface area (Å²) in [4.78, 5) is 26.4. The second-order valence-electron chi connectivity index (χ2n) is 6.27. The van der Waals surface area contributed by atoms with Gasteiger partial charge in [-0.1, -0.05) is 30.3 Å². The Morgan fingerprint density at radius 3 is 2.12 bits per heavy atom. The predicted molar refractivity (Wildman–Crippen MR) is 93.9 cm³/mol. The summed E-state index contributed by atoms with van der Waals surface area (Å²) in [7, 11) is 1.58. The number of piperidine rings is 1. The number of hydrogen-bond donors (Lipinski definition) is 1. The minimum Gasteiger partial charge on any atom is -0.497 e. The van der Waals surface area contributed by atoms with Crippen molar-refractivity contribution in [3.63, 3.8) is 0 Å². The Morgan fingerprint density at radius 1 is 1.00 bits per heavy atom. The Hall–Kier alpha value is -2.82. The van der Waals surface area contributed by atoms with Gasteiger partial charge in [0, 0.05) is 18.7 Å². The van der Waals surface area contributed by atoms with E-state index >= 15 is 0 Å². The standard InChI is InChI=1S/C20H21NO4/c1-25-17-9-7-15(8-10-17)18(22)21-13-11-20(12-14-21,19(23)24)16-5-3-2-4-6-16/h2-10H,11-14H2,1H3,(H,23,24). The van der Waals surface area contributed by atoms with E-state index < -0.39 is 11.4 Å². The van der Waals surface area contributed by atoms with Crippen molar-refractivity contribution in [1.82, 2.24) is 4.90 Å². The summed E-state index contributed by atoms with van der Waals surface area (Å²) in [6, 6.07) is 16.3. The molecule has 0 unspecified atom stereocenters. The maximum absolute atomic E-state index is 12.7. The number of benzene rings is 2. The van der Waals surface area contributed by atoms with Gasteiger partial charge in [-0.3, -0.25) is 9.59 Å². The first-order chi connectivity index (χ1) is 12.1. The number of carbonyl (C=O) groups is 2. The lowest BCUT2D eigenvalue weighted by Crippen LogP contribution is -2.49. The predicted octanol–water partition coefficient (Wildman–Crippen LogP) is 2.95. The molecule has 1 fully saturated rings. The quantitative estimate of drug-likeness (QED) is 0.930. The van der Waals surface area contributed by atoms with Gasteiger partial charge in [-0.15, -0.1) is 0 Å². The molecule has 1 aliphatic heterocycles. The van der Waals surface area contributed by atoms with E-state index in [1.807, 2.05) is 30.3 Å². The second-order valence-corrected chi connectivity index (χ2v) is 6.27. The monoisotopic (exact) mass is 339 g/mol. The number of carboxylic acids is 1. The van der Waals surface area contributed by atoms with E-state index in [0.717, 1.165) is 5.56 Å². The van der Waals surface area contributed by atoms with Crippen LogP contribution in [0.3, 0.4) is 0 Å². The van der Waals surface area contributed by atoms with Crippen LogP contribution in [-0.4, -0.2) is 42.1 Å². The van der Waals surface area contributed by atoms with Gasteiger partial charge in [-0.25, -0.2) is 0 Å². The maximum Gasteiger partial charge on any atom is 0.314 e. The van der Waals surface area contributed by atoms with Gasteiger partial charge in [0.25, 0.3) is 5.91 Å². The molecule has 0 saturated carbocycles. The van der Waals surface area contributed by atoms with E-state index in [1.54, 1.807) is 36.3 Å². The Balaban J connectivity index is 1.75. The highest BCUT2D eigenvalue weighted by Crippen LogP contribution is 2.36. The van der Waals surface area contributed by atoms with Crippen molar-refractivity contribution in [3.8, 4) is 5.75 Å². The Morgan fingerprint density at radius 2 is 1.60 bits per heavy atom. The van der Waals surface area contributed by atoms with Gasteiger partial charge in [0.15, 0.2) is 0 Å². The summed E-state index contributed by atoms with van der Waals surface area (Å²) in [5.74, 6) is -0.200. The van der Waals surface area contributed by atoms with Crippen LogP contribution in [0, 0.1) is 0 Å². The molecule has 0 aromatic heterocycles. The third-order valence-electron chi connectivity index (χ3n) is 4.98. The van der Waals surface area contributed by atoms with Gasteiger partial charge in [0.2, 0.25) is 0 Å². The summed E-state index contributed by atoms with van der Waals surface area (Å²) in [6.45, 7) is 0.845. The van der Waals surface area contributed by atoms with Crippen LogP contribution in [0.1, 0.15) is 28.8 Å². The molecule has 0 radical (unpaired) electrons. The molecule has 1 saturated heterocycles. The fraction of sp³-hybridized carbons (Fsp3) is 0.300. The van der Waals surface area contributed by atoms with Gasteiger partial charge in [0.05, 0.1) is 12.5 Å². The molecule has 5 heteroatoms. The molecule has 0 atom stereocenters. The summed E-state index contributed by atoms with van der Waals surface area (Å²) in [5, 5.41) is 9.82. The van der Waals surface area contributed by atoms with Crippen LogP contribution in [-0.2, 0) is 10.2 Å². The molecule has 1 amide bonds. The average Bonchev–Trinajstić information content (AvgIpc) is 2.68. The van der Waals surface area contributed by atoms with E-state index in [-0.39, 0.29) is 5.91 Å². The normalized spacial score (nSPS) is 16.3. The Kier molecular flexibility index (Phi) is 4.74. The van der Waals surface area contributed by atoms with Crippen molar-refractivity contribution in [2.24, 2.45) is 0 Å². The lowest BCUT2D eigenvalue weighted by molar-refractivity contribution is -0.145. The molecule has 130 valence electrons. The Bertz CT molecular complexity index is 747. The summed E-state index contributed by atoms with van der Waals surface area (Å²) in [6.07, 6.45) is 0.822. The minimum absolute atomic E-state index is 0.0743. The number of aliphatic carboxylic acids is 1. The highest BCUT2D eigenvalue weighted by atomic mass is 16.5. The van der Waals surface area contributed by atoms with E-state index in [1.165, 1.54) is 0 Å². The van der Waals surface area contributed by atoms with Gasteiger partial charge < -0.3 is 14.7 Å². The number of carbonyl (C=O) groups excluding carboxylic acids is 1. The number of amides is 1. The molecule has 0 spiro atoms. The number of nitrogens with zero attached hydrogens (tertiary/aromatic N) is 1. The first-order valence-electron chi connectivity index (χ1n) is 8.29. The number of carboxylic acid groups (broad SMARTS) is 1. The number of hydrogen-bond acceptors (Lipinski definition) is 3. The minimum atomic E-state index is -0.919. The van der Waals surface area contributed by atoms with Crippen LogP contribution in [0.4, 0.5) is 0 Å². The zero-order valence-corrected chi connectivity index (χ0v) is 14.1. The third-order valence-corrected chi connectivity index (χ3v) is 4.98. The van der Waals surface area contributed by atoms with Crippen LogP contribution in [0.15, 0.2) is 54.6 Å². The third kappa shape index (κ3) is 3.22. The van der Waals surface area contributed by atoms with Crippen LogP contribution >= 0.6 is 0 Å². The summed E-state index contributed by atoms with van der Waals surface area (Å²) in [5.41, 5.74) is 0.472. The molecule has 0 bridgehead atoms. The van der Waals surface area contributed by atoms with Crippen LogP contribution in [0.25, 0.3) is 0 Å². The highest BCUT2D eigenvalue weighted by molar-refractivity contribution is 5.94. The van der Waals surface area contributed by atoms with Crippen LogP contribution < -0.4 is 4.74 Å². The number of ether oxygens (including phenoxy) is 1. The molecule has 1 heterocycles. The molecule has 3 rings (SSSR count). The smallest absolute Gasteiger partial charge is 0.314 e. The number of methoxy groups -OCH3 is 1. The Labute approximate surface area is 146 Å². The maximum atomic E-state index is 12.7. The number of rotatable bonds is 4. The summed E-state index contributed by atoms with van der Waals surface area (Å²) < 4.78 is 5.11. The molecule has 1 aliphatic rings. The fourth-order valence-corrected chi connectivity index (χ4v) is 3.39. The fourth-order valence-electron chi connectivity index (χ4n) is 3.39. The first-order valence-corrected chi connectivity index (χ1v) is 8.29. The van der Waals surface area contributed by atoms with E-state index in [4.69, 9.17) is 4.74 Å². The van der Waals surface area contributed by atoms with Gasteiger partial charge >= 0.3 is 5.97 Å². The van der Waals surface area contributed by atoms with Crippen molar-refractivity contribution in [2.45, 2.75) is 18.3 Å². The van der Waals surface area contributed by atoms with Gasteiger partial charge in [0.1, 0.15) is 5.75 Å². The lowest BCUT2D eigenvalue weighted by atomic mass is 9.73. The van der Waals surface area contributed by atoms with Crippen LogP contribution in [0.5, 0.6) is 5.75 Å². The van der Waals surface area contributed by atoms with Crippen molar-refractivity contribution >= 4 is 11.9 Å². The molecule has 25 heavy (non-hydrogen) atoms. The van der Waals surface area contributed by atoms with E-state index in [2.05, 4.69) is 0 Å². The molecule has 2 aromatic rings.